The highest BCUT2D eigenvalue weighted by molar-refractivity contribution is 6.36. The Labute approximate surface area is 181 Å². The van der Waals surface area contributed by atoms with Crippen molar-refractivity contribution < 1.29 is 14.3 Å². The van der Waals surface area contributed by atoms with Gasteiger partial charge in [-0.2, -0.15) is 0 Å². The largest absolute Gasteiger partial charge is 0.372 e. The number of hydrogen-bond donors (Lipinski definition) is 0. The first-order valence-electron chi connectivity index (χ1n) is 10.2. The second-order valence-corrected chi connectivity index (χ2v) is 8.33. The van der Waals surface area contributed by atoms with Gasteiger partial charge in [0.1, 0.15) is 5.70 Å². The topological polar surface area (TPSA) is 49.9 Å². The molecule has 156 valence electrons. The van der Waals surface area contributed by atoms with Gasteiger partial charge in [-0.1, -0.05) is 54.1 Å². The van der Waals surface area contributed by atoms with Crippen molar-refractivity contribution in [2.45, 2.75) is 32.5 Å². The van der Waals surface area contributed by atoms with Crippen LogP contribution in [-0.4, -0.2) is 53.5 Å². The van der Waals surface area contributed by atoms with E-state index in [2.05, 4.69) is 0 Å². The number of amides is 2. The summed E-state index contributed by atoms with van der Waals surface area (Å²) in [5.74, 6) is -0.484. The maximum Gasteiger partial charge on any atom is 0.277 e. The number of rotatable bonds is 5. The van der Waals surface area contributed by atoms with Gasteiger partial charge >= 0.3 is 0 Å². The SMILES string of the molecule is CC1CN(C2=C(c3ccc(Cl)cc3)C(=O)N(CCc3ccccc3)C2=O)CC(C)O1. The van der Waals surface area contributed by atoms with Crippen LogP contribution in [0.5, 0.6) is 0 Å². The van der Waals surface area contributed by atoms with Crippen LogP contribution in [0, 0.1) is 0 Å². The van der Waals surface area contributed by atoms with Crippen LogP contribution in [0.1, 0.15) is 25.0 Å². The minimum absolute atomic E-state index is 0.0195. The molecule has 2 aromatic carbocycles. The fraction of sp³-hybridized carbons (Fsp3) is 0.333. The van der Waals surface area contributed by atoms with Crippen LogP contribution in [0.4, 0.5) is 0 Å². The van der Waals surface area contributed by atoms with E-state index >= 15 is 0 Å². The molecule has 0 radical (unpaired) electrons. The van der Waals surface area contributed by atoms with Gasteiger partial charge in [0, 0.05) is 24.7 Å². The molecule has 2 aromatic rings. The van der Waals surface area contributed by atoms with Crippen LogP contribution in [-0.2, 0) is 20.7 Å². The first kappa shape index (κ1) is 20.6. The quantitative estimate of drug-likeness (QED) is 0.685. The molecule has 2 unspecified atom stereocenters. The van der Waals surface area contributed by atoms with E-state index < -0.39 is 0 Å². The molecule has 0 spiro atoms. The highest BCUT2D eigenvalue weighted by atomic mass is 35.5. The molecule has 2 atom stereocenters. The molecule has 0 bridgehead atoms. The fourth-order valence-electron chi connectivity index (χ4n) is 4.18. The number of nitrogens with zero attached hydrogens (tertiary/aromatic N) is 2. The Morgan fingerprint density at radius 2 is 1.57 bits per heavy atom. The average molecular weight is 425 g/mol. The molecule has 0 aliphatic carbocycles. The van der Waals surface area contributed by atoms with Crippen LogP contribution in [0.25, 0.3) is 5.57 Å². The summed E-state index contributed by atoms with van der Waals surface area (Å²) in [7, 11) is 0. The van der Waals surface area contributed by atoms with Crippen LogP contribution in [0.15, 0.2) is 60.3 Å². The van der Waals surface area contributed by atoms with E-state index in [1.807, 2.05) is 49.1 Å². The number of halogens is 1. The molecule has 6 heteroatoms. The Hall–Kier alpha value is -2.63. The number of carbonyl (C=O) groups excluding carboxylic acids is 2. The average Bonchev–Trinajstić information content (AvgIpc) is 2.97. The van der Waals surface area contributed by atoms with Gasteiger partial charge in [-0.15, -0.1) is 0 Å². The summed E-state index contributed by atoms with van der Waals surface area (Å²) in [6, 6.07) is 17.0. The van der Waals surface area contributed by atoms with Crippen LogP contribution < -0.4 is 0 Å². The second kappa shape index (κ2) is 8.62. The molecule has 1 fully saturated rings. The van der Waals surface area contributed by atoms with Gasteiger partial charge in [-0.25, -0.2) is 0 Å². The van der Waals surface area contributed by atoms with Crippen LogP contribution >= 0.6 is 11.6 Å². The van der Waals surface area contributed by atoms with Crippen molar-refractivity contribution in [3.8, 4) is 0 Å². The highest BCUT2D eigenvalue weighted by Crippen LogP contribution is 2.33. The molecule has 30 heavy (non-hydrogen) atoms. The molecule has 0 N–H and O–H groups in total. The van der Waals surface area contributed by atoms with Gasteiger partial charge in [0.25, 0.3) is 11.8 Å². The van der Waals surface area contributed by atoms with Gasteiger partial charge in [0.15, 0.2) is 0 Å². The summed E-state index contributed by atoms with van der Waals surface area (Å²) >= 11 is 6.05. The maximum atomic E-state index is 13.4. The number of benzene rings is 2. The lowest BCUT2D eigenvalue weighted by atomic mass is 10.0. The second-order valence-electron chi connectivity index (χ2n) is 7.89. The predicted molar refractivity (Wildman–Crippen MR) is 117 cm³/mol. The predicted octanol–water partition coefficient (Wildman–Crippen LogP) is 3.77. The molecule has 2 amide bonds. The first-order chi connectivity index (χ1) is 14.4. The number of imide groups is 1. The lowest BCUT2D eigenvalue weighted by molar-refractivity contribution is -0.138. The molecular formula is C24H25ClN2O3. The molecule has 2 heterocycles. The molecule has 2 aliphatic rings. The van der Waals surface area contributed by atoms with Crippen molar-refractivity contribution in [2.24, 2.45) is 0 Å². The monoisotopic (exact) mass is 424 g/mol. The Morgan fingerprint density at radius 1 is 0.933 bits per heavy atom. The number of carbonyl (C=O) groups is 2. The van der Waals surface area contributed by atoms with Gasteiger partial charge in [0.2, 0.25) is 0 Å². The van der Waals surface area contributed by atoms with E-state index in [9.17, 15) is 9.59 Å². The summed E-state index contributed by atoms with van der Waals surface area (Å²) in [6.07, 6.45) is 0.582. The number of ether oxygens (including phenoxy) is 1. The third-order valence-electron chi connectivity index (χ3n) is 5.48. The van der Waals surface area contributed by atoms with E-state index in [4.69, 9.17) is 16.3 Å². The third kappa shape index (κ3) is 4.13. The third-order valence-corrected chi connectivity index (χ3v) is 5.73. The van der Waals surface area contributed by atoms with E-state index in [-0.39, 0.29) is 24.0 Å². The molecule has 0 aromatic heterocycles. The van der Waals surface area contributed by atoms with E-state index in [0.717, 1.165) is 5.56 Å². The van der Waals surface area contributed by atoms with Crippen molar-refractivity contribution in [1.82, 2.24) is 9.80 Å². The highest BCUT2D eigenvalue weighted by Gasteiger charge is 2.42. The molecule has 1 saturated heterocycles. The van der Waals surface area contributed by atoms with Crippen LogP contribution in [0.2, 0.25) is 5.02 Å². The van der Waals surface area contributed by atoms with Crippen molar-refractivity contribution in [2.75, 3.05) is 19.6 Å². The van der Waals surface area contributed by atoms with E-state index in [0.29, 0.717) is 47.9 Å². The molecule has 0 saturated carbocycles. The molecule has 4 rings (SSSR count). The zero-order valence-electron chi connectivity index (χ0n) is 17.2. The smallest absolute Gasteiger partial charge is 0.277 e. The van der Waals surface area contributed by atoms with Crippen molar-refractivity contribution in [3.05, 3.63) is 76.4 Å². The maximum absolute atomic E-state index is 13.4. The first-order valence-corrected chi connectivity index (χ1v) is 10.6. The zero-order valence-corrected chi connectivity index (χ0v) is 17.9. The van der Waals surface area contributed by atoms with Crippen molar-refractivity contribution >= 4 is 29.0 Å². The van der Waals surface area contributed by atoms with E-state index in [1.54, 1.807) is 24.3 Å². The number of morpholine rings is 1. The summed E-state index contributed by atoms with van der Waals surface area (Å²) in [5.41, 5.74) is 2.72. The van der Waals surface area contributed by atoms with E-state index in [1.165, 1.54) is 4.90 Å². The zero-order chi connectivity index (χ0) is 21.3. The molecular weight excluding hydrogens is 400 g/mol. The standard InChI is InChI=1S/C24H25ClN2O3/c1-16-14-26(15-17(2)30-16)22-21(19-8-10-20(25)11-9-19)23(28)27(24(22)29)13-12-18-6-4-3-5-7-18/h3-11,16-17H,12-15H2,1-2H3. The van der Waals surface area contributed by atoms with Crippen LogP contribution in [0.3, 0.4) is 0 Å². The summed E-state index contributed by atoms with van der Waals surface area (Å²) in [6.45, 7) is 5.46. The van der Waals surface area contributed by atoms with Crippen molar-refractivity contribution in [1.29, 1.82) is 0 Å². The minimum atomic E-state index is -0.250. The lowest BCUT2D eigenvalue weighted by Gasteiger charge is -2.37. The Kier molecular flexibility index (Phi) is 5.93. The molecule has 5 nitrogen and oxygen atoms in total. The van der Waals surface area contributed by atoms with Gasteiger partial charge < -0.3 is 9.64 Å². The van der Waals surface area contributed by atoms with Gasteiger partial charge in [-0.3, -0.25) is 14.5 Å². The van der Waals surface area contributed by atoms with Gasteiger partial charge in [-0.05, 0) is 43.5 Å². The minimum Gasteiger partial charge on any atom is -0.372 e. The summed E-state index contributed by atoms with van der Waals surface area (Å²) in [5, 5.41) is 0.590. The Morgan fingerprint density at radius 3 is 2.20 bits per heavy atom. The molecule has 2 aliphatic heterocycles. The summed E-state index contributed by atoms with van der Waals surface area (Å²) in [4.78, 5) is 30.2. The van der Waals surface area contributed by atoms with Gasteiger partial charge in [0.05, 0.1) is 17.8 Å². The fourth-order valence-corrected chi connectivity index (χ4v) is 4.31. The van der Waals surface area contributed by atoms with Crippen molar-refractivity contribution in [3.63, 3.8) is 0 Å². The Balaban J connectivity index is 1.68. The lowest BCUT2D eigenvalue weighted by Crippen LogP contribution is -2.47. The Bertz CT molecular complexity index is 962. The summed E-state index contributed by atoms with van der Waals surface area (Å²) < 4.78 is 5.84. The number of hydrogen-bond acceptors (Lipinski definition) is 4. The normalized spacial score (nSPS) is 22.2.